The van der Waals surface area contributed by atoms with Gasteiger partial charge in [0.25, 0.3) is 0 Å². The number of guanidine groups is 1. The Hall–Kier alpha value is -0.600. The summed E-state index contributed by atoms with van der Waals surface area (Å²) in [4.78, 5) is 0. The van der Waals surface area contributed by atoms with Gasteiger partial charge in [0.2, 0.25) is 0 Å². The monoisotopic (exact) mass is 243 g/mol. The van der Waals surface area contributed by atoms with Crippen molar-refractivity contribution in [3.05, 3.63) is 0 Å². The van der Waals surface area contributed by atoms with Crippen molar-refractivity contribution in [2.45, 2.75) is 0 Å². The zero-order valence-corrected chi connectivity index (χ0v) is 9.59. The number of hydrogen-bond acceptors (Lipinski definition) is 5. The first-order chi connectivity index (χ1) is 6.65. The Morgan fingerprint density at radius 1 is 0.867 bits per heavy atom. The molecule has 0 spiro atoms. The van der Waals surface area contributed by atoms with Crippen LogP contribution in [0.5, 0.6) is 0 Å². The van der Waals surface area contributed by atoms with Gasteiger partial charge in [-0.15, -0.1) is 12.4 Å². The number of nitrogens with two attached hydrogens (primary N) is 4. The van der Waals surface area contributed by atoms with Crippen LogP contribution in [0, 0.1) is 5.41 Å². The van der Waals surface area contributed by atoms with Crippen LogP contribution in [0.3, 0.4) is 0 Å². The van der Waals surface area contributed by atoms with E-state index in [-0.39, 0.29) is 18.4 Å². The summed E-state index contributed by atoms with van der Waals surface area (Å²) >= 11 is 0. The van der Waals surface area contributed by atoms with E-state index < -0.39 is 0 Å². The van der Waals surface area contributed by atoms with Gasteiger partial charge in [0, 0.05) is 13.1 Å². The number of nitrogens with one attached hydrogen (secondary N) is 1. The van der Waals surface area contributed by atoms with Crippen molar-refractivity contribution in [3.63, 3.8) is 0 Å². The molecular weight excluding hydrogens is 222 g/mol. The molecule has 0 aliphatic carbocycles. The molecule has 0 atom stereocenters. The Kier molecular flexibility index (Phi) is 25.3. The van der Waals surface area contributed by atoms with Crippen molar-refractivity contribution in [2.24, 2.45) is 22.9 Å². The molecule has 0 saturated heterocycles. The third kappa shape index (κ3) is 42.5. The first-order valence-electron chi connectivity index (χ1n) is 4.30. The Balaban J connectivity index is -0.000000249. The van der Waals surface area contributed by atoms with Gasteiger partial charge in [-0.25, -0.2) is 0 Å². The van der Waals surface area contributed by atoms with E-state index in [1.54, 1.807) is 0 Å². The second-order valence-corrected chi connectivity index (χ2v) is 2.26. The minimum absolute atomic E-state index is 0. The average Bonchev–Trinajstić information content (AvgIpc) is 2.10. The second kappa shape index (κ2) is 19.0. The van der Waals surface area contributed by atoms with Gasteiger partial charge in [0.05, 0.1) is 26.4 Å². The SMILES string of the molecule is Cl.N=C(N)N.NCCOCCOCCN. The molecule has 0 amide bonds. The van der Waals surface area contributed by atoms with Crippen molar-refractivity contribution < 1.29 is 9.47 Å². The van der Waals surface area contributed by atoms with Crippen molar-refractivity contribution >= 4 is 18.4 Å². The summed E-state index contributed by atoms with van der Waals surface area (Å²) < 4.78 is 10.1. The fourth-order valence-corrected chi connectivity index (χ4v) is 0.489. The molecule has 0 aromatic heterocycles. The molecule has 0 radical (unpaired) electrons. The molecule has 0 saturated carbocycles. The minimum Gasteiger partial charge on any atom is -0.378 e. The lowest BCUT2D eigenvalue weighted by Crippen LogP contribution is -2.20. The van der Waals surface area contributed by atoms with Crippen LogP contribution >= 0.6 is 12.4 Å². The molecule has 0 aliphatic heterocycles. The van der Waals surface area contributed by atoms with Crippen LogP contribution < -0.4 is 22.9 Å². The average molecular weight is 244 g/mol. The van der Waals surface area contributed by atoms with Crippen LogP contribution in [-0.4, -0.2) is 45.5 Å². The van der Waals surface area contributed by atoms with Crippen LogP contribution in [-0.2, 0) is 9.47 Å². The van der Waals surface area contributed by atoms with Gasteiger partial charge in [-0.2, -0.15) is 0 Å². The van der Waals surface area contributed by atoms with Gasteiger partial charge >= 0.3 is 0 Å². The Bertz CT molecular complexity index is 116. The number of rotatable bonds is 7. The van der Waals surface area contributed by atoms with E-state index in [1.807, 2.05) is 0 Å². The summed E-state index contributed by atoms with van der Waals surface area (Å²) in [6, 6.07) is 0. The molecule has 94 valence electrons. The summed E-state index contributed by atoms with van der Waals surface area (Å²) in [5, 5.41) is 6.06. The number of hydrogen-bond donors (Lipinski definition) is 5. The molecule has 0 aromatic carbocycles. The molecule has 15 heavy (non-hydrogen) atoms. The minimum atomic E-state index is -0.333. The van der Waals surface area contributed by atoms with E-state index in [2.05, 4.69) is 11.5 Å². The highest BCUT2D eigenvalue weighted by molar-refractivity contribution is 5.85. The van der Waals surface area contributed by atoms with Gasteiger partial charge in [0.15, 0.2) is 5.96 Å². The quantitative estimate of drug-likeness (QED) is 0.202. The zero-order valence-electron chi connectivity index (χ0n) is 8.78. The lowest BCUT2D eigenvalue weighted by Gasteiger charge is -2.02. The summed E-state index contributed by atoms with van der Waals surface area (Å²) in [6.45, 7) is 3.56. The standard InChI is InChI=1S/C6H16N2O2.CH5N3.ClH/c7-1-3-9-5-6-10-4-2-8;2-1(3)4;/h1-8H2;(H5,2,3,4);1H. The molecule has 0 fully saturated rings. The second-order valence-electron chi connectivity index (χ2n) is 2.26. The number of halogens is 1. The van der Waals surface area contributed by atoms with Crippen LogP contribution in [0.25, 0.3) is 0 Å². The van der Waals surface area contributed by atoms with Gasteiger partial charge in [-0.3, -0.25) is 5.41 Å². The molecule has 0 bridgehead atoms. The predicted octanol–water partition coefficient (Wildman–Crippen LogP) is -1.80. The van der Waals surface area contributed by atoms with Gasteiger partial charge in [-0.05, 0) is 0 Å². The Morgan fingerprint density at radius 3 is 1.33 bits per heavy atom. The third-order valence-corrected chi connectivity index (χ3v) is 0.896. The van der Waals surface area contributed by atoms with E-state index >= 15 is 0 Å². The first-order valence-corrected chi connectivity index (χ1v) is 4.30. The van der Waals surface area contributed by atoms with E-state index in [9.17, 15) is 0 Å². The van der Waals surface area contributed by atoms with Crippen molar-refractivity contribution in [1.29, 1.82) is 5.41 Å². The summed E-state index contributed by atoms with van der Waals surface area (Å²) in [5.41, 5.74) is 19.3. The fourth-order valence-electron chi connectivity index (χ4n) is 0.489. The molecule has 0 heterocycles. The largest absolute Gasteiger partial charge is 0.378 e. The highest BCUT2D eigenvalue weighted by Crippen LogP contribution is 1.75. The van der Waals surface area contributed by atoms with Crippen LogP contribution in [0.4, 0.5) is 0 Å². The van der Waals surface area contributed by atoms with Gasteiger partial charge in [0.1, 0.15) is 0 Å². The Labute approximate surface area is 96.4 Å². The summed E-state index contributed by atoms with van der Waals surface area (Å²) in [6.07, 6.45) is 0. The number of ether oxygens (including phenoxy) is 2. The van der Waals surface area contributed by atoms with Crippen molar-refractivity contribution in [1.82, 2.24) is 0 Å². The van der Waals surface area contributed by atoms with Crippen LogP contribution in [0.15, 0.2) is 0 Å². The molecule has 0 unspecified atom stereocenters. The predicted molar refractivity (Wildman–Crippen MR) is 63.1 cm³/mol. The van der Waals surface area contributed by atoms with Crippen molar-refractivity contribution in [3.8, 4) is 0 Å². The zero-order chi connectivity index (χ0) is 11.2. The molecular formula is C7H22ClN5O2. The van der Waals surface area contributed by atoms with E-state index in [0.29, 0.717) is 39.5 Å². The van der Waals surface area contributed by atoms with E-state index in [1.165, 1.54) is 0 Å². The van der Waals surface area contributed by atoms with Gasteiger partial charge in [-0.1, -0.05) is 0 Å². The lowest BCUT2D eigenvalue weighted by atomic mass is 10.7. The first kappa shape index (κ1) is 19.9. The smallest absolute Gasteiger partial charge is 0.183 e. The van der Waals surface area contributed by atoms with E-state index in [4.69, 9.17) is 26.4 Å². The highest BCUT2D eigenvalue weighted by Gasteiger charge is 1.85. The van der Waals surface area contributed by atoms with Gasteiger partial charge < -0.3 is 32.4 Å². The maximum Gasteiger partial charge on any atom is 0.183 e. The van der Waals surface area contributed by atoms with Crippen LogP contribution in [0.1, 0.15) is 0 Å². The molecule has 0 aromatic rings. The molecule has 9 N–H and O–H groups in total. The Morgan fingerprint density at radius 2 is 1.13 bits per heavy atom. The lowest BCUT2D eigenvalue weighted by molar-refractivity contribution is 0.0538. The molecule has 7 nitrogen and oxygen atoms in total. The maximum absolute atomic E-state index is 6.06. The van der Waals surface area contributed by atoms with E-state index in [0.717, 1.165) is 0 Å². The maximum atomic E-state index is 6.06. The summed E-state index contributed by atoms with van der Waals surface area (Å²) in [7, 11) is 0. The molecule has 8 heteroatoms. The fraction of sp³-hybridized carbons (Fsp3) is 0.857. The van der Waals surface area contributed by atoms with Crippen molar-refractivity contribution in [2.75, 3.05) is 39.5 Å². The highest BCUT2D eigenvalue weighted by atomic mass is 35.5. The molecule has 0 aliphatic rings. The topological polar surface area (TPSA) is 146 Å². The molecule has 0 rings (SSSR count). The normalized spacial score (nSPS) is 8.40. The third-order valence-electron chi connectivity index (χ3n) is 0.896. The van der Waals surface area contributed by atoms with Crippen LogP contribution in [0.2, 0.25) is 0 Å². The summed E-state index contributed by atoms with van der Waals surface area (Å²) in [5.74, 6) is -0.333.